The maximum absolute atomic E-state index is 13.5. The van der Waals surface area contributed by atoms with Crippen LogP contribution in [0.5, 0.6) is 11.5 Å². The Balaban J connectivity index is 1.42. The Morgan fingerprint density at radius 3 is 2.79 bits per heavy atom. The van der Waals surface area contributed by atoms with E-state index >= 15 is 0 Å². The van der Waals surface area contributed by atoms with Gasteiger partial charge < -0.3 is 19.9 Å². The van der Waals surface area contributed by atoms with E-state index in [2.05, 4.69) is 15.3 Å². The van der Waals surface area contributed by atoms with Crippen molar-refractivity contribution in [3.63, 3.8) is 0 Å². The van der Waals surface area contributed by atoms with Crippen LogP contribution in [0.2, 0.25) is 0 Å². The number of benzene rings is 2. The van der Waals surface area contributed by atoms with Crippen LogP contribution in [0.25, 0.3) is 32.7 Å². The molecule has 2 atom stereocenters. The fourth-order valence-corrected chi connectivity index (χ4v) is 6.27. The molecule has 194 valence electrons. The van der Waals surface area contributed by atoms with Crippen molar-refractivity contribution in [3.05, 3.63) is 81.4 Å². The molecule has 5 aromatic rings. The van der Waals surface area contributed by atoms with Crippen molar-refractivity contribution in [2.45, 2.75) is 25.9 Å². The van der Waals surface area contributed by atoms with Crippen LogP contribution in [-0.4, -0.2) is 45.9 Å². The summed E-state index contributed by atoms with van der Waals surface area (Å²) in [6, 6.07) is 17.0. The second-order valence-corrected chi connectivity index (χ2v) is 10.7. The number of hydrogen-bond acceptors (Lipinski definition) is 8. The summed E-state index contributed by atoms with van der Waals surface area (Å²) in [5.41, 5.74) is 2.39. The number of ether oxygens (including phenoxy) is 2. The number of piperidine rings is 1. The molecule has 6 rings (SSSR count). The maximum Gasteiger partial charge on any atom is 0.353 e. The average Bonchev–Trinajstić information content (AvgIpc) is 3.30. The summed E-state index contributed by atoms with van der Waals surface area (Å²) < 4.78 is 13.7. The summed E-state index contributed by atoms with van der Waals surface area (Å²) >= 11 is 1.37. The molecular formula is C29H28N4O4S. The minimum absolute atomic E-state index is 0.128. The van der Waals surface area contributed by atoms with Crippen LogP contribution in [0, 0.1) is 12.8 Å². The van der Waals surface area contributed by atoms with Gasteiger partial charge in [0.2, 0.25) is 0 Å². The topological polar surface area (TPSA) is 98.5 Å². The quantitative estimate of drug-likeness (QED) is 0.335. The highest BCUT2D eigenvalue weighted by Crippen LogP contribution is 2.30. The predicted molar refractivity (Wildman–Crippen MR) is 149 cm³/mol. The molecule has 0 aliphatic carbocycles. The molecule has 1 aliphatic rings. The van der Waals surface area contributed by atoms with Gasteiger partial charge in [-0.15, -0.1) is 11.3 Å². The number of methoxy groups -OCH3 is 1. The first-order valence-electron chi connectivity index (χ1n) is 12.6. The molecule has 1 fully saturated rings. The molecule has 0 spiro atoms. The van der Waals surface area contributed by atoms with Crippen molar-refractivity contribution in [1.29, 1.82) is 0 Å². The van der Waals surface area contributed by atoms with Crippen molar-refractivity contribution < 1.29 is 14.6 Å². The summed E-state index contributed by atoms with van der Waals surface area (Å²) in [6.45, 7) is 3.56. The number of aryl methyl sites for hydroxylation is 1. The number of aromatic nitrogens is 3. The molecule has 8 nitrogen and oxygen atoms in total. The van der Waals surface area contributed by atoms with E-state index in [9.17, 15) is 9.90 Å². The lowest BCUT2D eigenvalue weighted by atomic mass is 9.93. The van der Waals surface area contributed by atoms with Crippen LogP contribution in [0.3, 0.4) is 0 Å². The first kappa shape index (κ1) is 24.5. The summed E-state index contributed by atoms with van der Waals surface area (Å²) in [7, 11) is 1.71. The number of aliphatic hydroxyl groups excluding tert-OH is 1. The molecule has 2 aromatic carbocycles. The standard InChI is InChI=1S/C29H28N4O4S/c1-17-12-20(37-19-6-4-3-5-7-19)8-9-22(17)33-23-10-11-31-28-25(23)26(32-29(33)35)27(38-28)24(34)14-18-13-21(36-2)16-30-15-18/h3-12,18,21,30,34H,13-16H2,1-2H3/t18-,21-/m0/s1. The first-order valence-corrected chi connectivity index (χ1v) is 13.4. The van der Waals surface area contributed by atoms with E-state index in [0.717, 1.165) is 46.7 Å². The number of aliphatic hydroxyl groups is 1. The van der Waals surface area contributed by atoms with Gasteiger partial charge >= 0.3 is 5.69 Å². The lowest BCUT2D eigenvalue weighted by Crippen LogP contribution is -2.40. The van der Waals surface area contributed by atoms with Gasteiger partial charge in [0.25, 0.3) is 0 Å². The van der Waals surface area contributed by atoms with Crippen LogP contribution in [0.15, 0.2) is 65.6 Å². The zero-order chi connectivity index (χ0) is 26.2. The zero-order valence-electron chi connectivity index (χ0n) is 21.2. The molecule has 3 aromatic heterocycles. The largest absolute Gasteiger partial charge is 0.511 e. The summed E-state index contributed by atoms with van der Waals surface area (Å²) in [6.07, 6.45) is 3.17. The van der Waals surface area contributed by atoms with Crippen molar-refractivity contribution in [2.75, 3.05) is 20.2 Å². The van der Waals surface area contributed by atoms with Gasteiger partial charge in [0.15, 0.2) is 0 Å². The number of para-hydroxylation sites is 1. The third kappa shape index (κ3) is 4.53. The normalized spacial score (nSPS) is 18.7. The Morgan fingerprint density at radius 1 is 1.16 bits per heavy atom. The predicted octanol–water partition coefficient (Wildman–Crippen LogP) is 4.50. The highest BCUT2D eigenvalue weighted by Gasteiger charge is 2.24. The second-order valence-electron chi connectivity index (χ2n) is 9.65. The van der Waals surface area contributed by atoms with Crippen molar-refractivity contribution in [1.82, 2.24) is 19.9 Å². The molecular weight excluding hydrogens is 500 g/mol. The Bertz CT molecular complexity index is 1730. The van der Waals surface area contributed by atoms with E-state index in [-0.39, 0.29) is 17.8 Å². The molecule has 1 aliphatic heterocycles. The molecule has 0 radical (unpaired) electrons. The number of hydrogen-bond donors (Lipinski definition) is 2. The van der Waals surface area contributed by atoms with E-state index in [0.29, 0.717) is 27.7 Å². The molecule has 2 N–H and O–H groups in total. The van der Waals surface area contributed by atoms with Gasteiger partial charge in [0.1, 0.15) is 27.6 Å². The van der Waals surface area contributed by atoms with E-state index in [1.807, 2.05) is 61.5 Å². The number of thiophene rings is 1. The average molecular weight is 529 g/mol. The molecule has 4 heterocycles. The van der Waals surface area contributed by atoms with Gasteiger partial charge in [-0.25, -0.2) is 9.78 Å². The fraction of sp³-hybridized carbons (Fsp3) is 0.276. The van der Waals surface area contributed by atoms with E-state index in [1.165, 1.54) is 11.3 Å². The van der Waals surface area contributed by atoms with Crippen LogP contribution < -0.4 is 20.3 Å². The van der Waals surface area contributed by atoms with Crippen molar-refractivity contribution >= 4 is 38.3 Å². The minimum atomic E-state index is -0.406. The van der Waals surface area contributed by atoms with Gasteiger partial charge in [-0.1, -0.05) is 18.2 Å². The smallest absolute Gasteiger partial charge is 0.353 e. The summed E-state index contributed by atoms with van der Waals surface area (Å²) in [5, 5.41) is 15.3. The fourth-order valence-electron chi connectivity index (χ4n) is 5.22. The minimum Gasteiger partial charge on any atom is -0.511 e. The molecule has 0 unspecified atom stereocenters. The Hall–Kier alpha value is -3.79. The van der Waals surface area contributed by atoms with Gasteiger partial charge in [-0.2, -0.15) is 4.98 Å². The lowest BCUT2D eigenvalue weighted by Gasteiger charge is -2.28. The third-order valence-electron chi connectivity index (χ3n) is 7.05. The summed E-state index contributed by atoms with van der Waals surface area (Å²) in [4.78, 5) is 23.2. The van der Waals surface area contributed by atoms with E-state index < -0.39 is 5.69 Å². The SMILES string of the molecule is CO[C@@H]1CNC[C@H](CC(O)=c2sc3nccc4c3c2nc(=O)n4-c2ccc(Oc3ccccc3)cc2C)C1. The molecule has 38 heavy (non-hydrogen) atoms. The third-order valence-corrected chi connectivity index (χ3v) is 8.19. The summed E-state index contributed by atoms with van der Waals surface area (Å²) in [5.74, 6) is 1.90. The van der Waals surface area contributed by atoms with Crippen LogP contribution in [0.1, 0.15) is 18.4 Å². The van der Waals surface area contributed by atoms with Gasteiger partial charge in [-0.3, -0.25) is 4.57 Å². The van der Waals surface area contributed by atoms with Gasteiger partial charge in [0.05, 0.1) is 27.2 Å². The van der Waals surface area contributed by atoms with Gasteiger partial charge in [0, 0.05) is 26.3 Å². The lowest BCUT2D eigenvalue weighted by molar-refractivity contribution is 0.0615. The van der Waals surface area contributed by atoms with E-state index in [1.54, 1.807) is 17.9 Å². The highest BCUT2D eigenvalue weighted by atomic mass is 32.1. The van der Waals surface area contributed by atoms with Crippen LogP contribution in [0.4, 0.5) is 0 Å². The molecule has 0 saturated carbocycles. The number of nitrogens with zero attached hydrogens (tertiary/aromatic N) is 3. The van der Waals surface area contributed by atoms with Gasteiger partial charge in [-0.05, 0) is 67.8 Å². The maximum atomic E-state index is 13.5. The molecule has 9 heteroatoms. The van der Waals surface area contributed by atoms with Crippen LogP contribution >= 0.6 is 11.3 Å². The number of pyridine rings is 1. The monoisotopic (exact) mass is 528 g/mol. The van der Waals surface area contributed by atoms with Crippen molar-refractivity contribution in [2.24, 2.45) is 5.92 Å². The van der Waals surface area contributed by atoms with E-state index in [4.69, 9.17) is 9.47 Å². The van der Waals surface area contributed by atoms with Crippen LogP contribution in [-0.2, 0) is 4.74 Å². The number of rotatable bonds is 6. The Labute approximate surface area is 223 Å². The Morgan fingerprint density at radius 2 is 2.00 bits per heavy atom. The molecule has 1 saturated heterocycles. The number of nitrogens with one attached hydrogen (secondary N) is 1. The Kier molecular flexibility index (Phi) is 6.57. The first-order chi connectivity index (χ1) is 18.5. The van der Waals surface area contributed by atoms with Crippen molar-refractivity contribution in [3.8, 4) is 17.2 Å². The zero-order valence-corrected chi connectivity index (χ0v) is 22.0. The molecule has 0 amide bonds. The highest BCUT2D eigenvalue weighted by molar-refractivity contribution is 7.17. The molecule has 0 bridgehead atoms. The second kappa shape index (κ2) is 10.2.